The summed E-state index contributed by atoms with van der Waals surface area (Å²) in [4.78, 5) is 26.6. The molecule has 3 aromatic rings. The van der Waals surface area contributed by atoms with Crippen LogP contribution >= 0.6 is 0 Å². The van der Waals surface area contributed by atoms with Crippen LogP contribution in [0.15, 0.2) is 59.7 Å². The van der Waals surface area contributed by atoms with Crippen LogP contribution in [0.25, 0.3) is 5.69 Å². The summed E-state index contributed by atoms with van der Waals surface area (Å²) in [6.07, 6.45) is 3.41. The van der Waals surface area contributed by atoms with E-state index in [4.69, 9.17) is 0 Å². The fourth-order valence-corrected chi connectivity index (χ4v) is 2.23. The van der Waals surface area contributed by atoms with Crippen molar-refractivity contribution < 1.29 is 9.18 Å². The number of halogens is 1. The van der Waals surface area contributed by atoms with Crippen molar-refractivity contribution in [2.75, 3.05) is 5.32 Å². The molecular weight excluding hydrogens is 297 g/mol. The lowest BCUT2D eigenvalue weighted by Crippen LogP contribution is -2.23. The predicted molar refractivity (Wildman–Crippen MR) is 85.5 cm³/mol. The highest BCUT2D eigenvalue weighted by Crippen LogP contribution is 2.19. The number of aromatic amines is 1. The first-order chi connectivity index (χ1) is 11.0. The molecule has 2 heterocycles. The molecule has 6 heteroatoms. The molecule has 0 aliphatic carbocycles. The van der Waals surface area contributed by atoms with E-state index in [9.17, 15) is 14.0 Å². The van der Waals surface area contributed by atoms with Gasteiger partial charge in [-0.3, -0.25) is 9.59 Å². The Bertz CT molecular complexity index is 914. The largest absolute Gasteiger partial charge is 0.326 e. The number of rotatable bonds is 3. The number of hydrogen-bond acceptors (Lipinski definition) is 2. The van der Waals surface area contributed by atoms with Crippen molar-refractivity contribution in [3.8, 4) is 5.69 Å². The van der Waals surface area contributed by atoms with Crippen molar-refractivity contribution in [1.82, 2.24) is 9.55 Å². The van der Waals surface area contributed by atoms with Gasteiger partial charge in [0.2, 0.25) is 0 Å². The van der Waals surface area contributed by atoms with Gasteiger partial charge in [0.15, 0.2) is 0 Å². The van der Waals surface area contributed by atoms with E-state index in [1.165, 1.54) is 24.3 Å². The first kappa shape index (κ1) is 14.8. The Morgan fingerprint density at radius 2 is 1.91 bits per heavy atom. The SMILES string of the molecule is Cc1ccc(C(=O)Nc2ccc(F)c(-n3cccc3)c2)c(=O)[nH]1. The molecule has 0 bridgehead atoms. The predicted octanol–water partition coefficient (Wildman–Crippen LogP) is 2.87. The monoisotopic (exact) mass is 311 g/mol. The molecular formula is C17H14FN3O2. The Balaban J connectivity index is 1.90. The molecule has 0 unspecified atom stereocenters. The highest BCUT2D eigenvalue weighted by Gasteiger charge is 2.12. The molecule has 0 saturated carbocycles. The Labute approximate surface area is 131 Å². The van der Waals surface area contributed by atoms with Gasteiger partial charge < -0.3 is 14.9 Å². The molecule has 0 aliphatic rings. The summed E-state index contributed by atoms with van der Waals surface area (Å²) < 4.78 is 15.5. The third-order valence-corrected chi connectivity index (χ3v) is 3.39. The maximum Gasteiger partial charge on any atom is 0.261 e. The number of anilines is 1. The van der Waals surface area contributed by atoms with Gasteiger partial charge in [-0.15, -0.1) is 0 Å². The van der Waals surface area contributed by atoms with Crippen LogP contribution in [0.4, 0.5) is 10.1 Å². The zero-order valence-electron chi connectivity index (χ0n) is 12.3. The Kier molecular flexibility index (Phi) is 3.80. The number of nitrogens with zero attached hydrogens (tertiary/aromatic N) is 1. The van der Waals surface area contributed by atoms with Gasteiger partial charge in [0, 0.05) is 23.8 Å². The Morgan fingerprint density at radius 3 is 2.61 bits per heavy atom. The lowest BCUT2D eigenvalue weighted by atomic mass is 10.2. The molecule has 0 aliphatic heterocycles. The molecule has 2 N–H and O–H groups in total. The summed E-state index contributed by atoms with van der Waals surface area (Å²) in [6, 6.07) is 10.9. The first-order valence-corrected chi connectivity index (χ1v) is 6.99. The topological polar surface area (TPSA) is 66.9 Å². The quantitative estimate of drug-likeness (QED) is 0.781. The summed E-state index contributed by atoms with van der Waals surface area (Å²) in [5.41, 5.74) is 0.923. The molecule has 1 aromatic carbocycles. The van der Waals surface area contributed by atoms with Crippen LogP contribution in [0.2, 0.25) is 0 Å². The zero-order valence-corrected chi connectivity index (χ0v) is 12.3. The van der Waals surface area contributed by atoms with Crippen molar-refractivity contribution in [1.29, 1.82) is 0 Å². The van der Waals surface area contributed by atoms with Crippen molar-refractivity contribution >= 4 is 11.6 Å². The van der Waals surface area contributed by atoms with Crippen molar-refractivity contribution in [3.05, 3.63) is 82.3 Å². The minimum atomic E-state index is -0.545. The van der Waals surface area contributed by atoms with Gasteiger partial charge >= 0.3 is 0 Å². The number of benzene rings is 1. The van der Waals surface area contributed by atoms with Gasteiger partial charge in [0.05, 0.1) is 5.69 Å². The van der Waals surface area contributed by atoms with E-state index in [1.54, 1.807) is 42.1 Å². The van der Waals surface area contributed by atoms with Crippen LogP contribution in [0.3, 0.4) is 0 Å². The third-order valence-electron chi connectivity index (χ3n) is 3.39. The van der Waals surface area contributed by atoms with E-state index in [-0.39, 0.29) is 5.56 Å². The van der Waals surface area contributed by atoms with Gasteiger partial charge in [0.25, 0.3) is 11.5 Å². The number of pyridine rings is 1. The molecule has 116 valence electrons. The summed E-state index contributed by atoms with van der Waals surface area (Å²) >= 11 is 0. The summed E-state index contributed by atoms with van der Waals surface area (Å²) in [6.45, 7) is 1.73. The average molecular weight is 311 g/mol. The van der Waals surface area contributed by atoms with Crippen LogP contribution in [0.5, 0.6) is 0 Å². The minimum absolute atomic E-state index is 0.00226. The van der Waals surface area contributed by atoms with Crippen molar-refractivity contribution in [2.24, 2.45) is 0 Å². The third kappa shape index (κ3) is 3.06. The lowest BCUT2D eigenvalue weighted by Gasteiger charge is -2.09. The van der Waals surface area contributed by atoms with Gasteiger partial charge in [-0.2, -0.15) is 0 Å². The number of hydrogen-bond donors (Lipinski definition) is 2. The maximum absolute atomic E-state index is 13.9. The number of nitrogens with one attached hydrogen (secondary N) is 2. The average Bonchev–Trinajstić information content (AvgIpc) is 3.03. The van der Waals surface area contributed by atoms with E-state index in [0.717, 1.165) is 0 Å². The van der Waals surface area contributed by atoms with E-state index in [2.05, 4.69) is 10.3 Å². The van der Waals surface area contributed by atoms with Gasteiger partial charge in [0.1, 0.15) is 11.4 Å². The van der Waals surface area contributed by atoms with E-state index in [1.807, 2.05) is 0 Å². The summed E-state index contributed by atoms with van der Waals surface area (Å²) in [5, 5.41) is 2.61. The molecule has 1 amide bonds. The van der Waals surface area contributed by atoms with E-state index >= 15 is 0 Å². The van der Waals surface area contributed by atoms with E-state index in [0.29, 0.717) is 17.1 Å². The van der Waals surface area contributed by atoms with Crippen LogP contribution in [-0.4, -0.2) is 15.5 Å². The number of carbonyl (C=O) groups is 1. The molecule has 5 nitrogen and oxygen atoms in total. The van der Waals surface area contributed by atoms with Crippen LogP contribution in [0, 0.1) is 12.7 Å². The minimum Gasteiger partial charge on any atom is -0.326 e. The zero-order chi connectivity index (χ0) is 16.4. The molecule has 0 fully saturated rings. The van der Waals surface area contributed by atoms with Crippen LogP contribution in [-0.2, 0) is 0 Å². The first-order valence-electron chi connectivity index (χ1n) is 6.99. The van der Waals surface area contributed by atoms with E-state index < -0.39 is 17.3 Å². The molecule has 0 saturated heterocycles. The van der Waals surface area contributed by atoms with Gasteiger partial charge in [-0.05, 0) is 49.4 Å². The number of aromatic nitrogens is 2. The smallest absolute Gasteiger partial charge is 0.261 e. The van der Waals surface area contributed by atoms with Gasteiger partial charge in [-0.25, -0.2) is 4.39 Å². The fraction of sp³-hybridized carbons (Fsp3) is 0.0588. The number of aryl methyl sites for hydroxylation is 1. The second kappa shape index (κ2) is 5.92. The number of H-pyrrole nitrogens is 1. The lowest BCUT2D eigenvalue weighted by molar-refractivity contribution is 0.102. The standard InChI is InChI=1S/C17H14FN3O2/c1-11-4-6-13(16(22)19-11)17(23)20-12-5-7-14(18)15(10-12)21-8-2-3-9-21/h2-10H,1H3,(H,19,22)(H,20,23). The molecule has 0 atom stereocenters. The second-order valence-electron chi connectivity index (χ2n) is 5.09. The van der Waals surface area contributed by atoms with Gasteiger partial charge in [-0.1, -0.05) is 0 Å². The number of carbonyl (C=O) groups excluding carboxylic acids is 1. The molecule has 23 heavy (non-hydrogen) atoms. The van der Waals surface area contributed by atoms with Crippen molar-refractivity contribution in [2.45, 2.75) is 6.92 Å². The highest BCUT2D eigenvalue weighted by atomic mass is 19.1. The summed E-state index contributed by atoms with van der Waals surface area (Å²) in [5.74, 6) is -0.955. The Morgan fingerprint density at radius 1 is 1.17 bits per heavy atom. The second-order valence-corrected chi connectivity index (χ2v) is 5.09. The molecule has 3 rings (SSSR count). The maximum atomic E-state index is 13.9. The molecule has 0 radical (unpaired) electrons. The Hall–Kier alpha value is -3.15. The van der Waals surface area contributed by atoms with Crippen molar-refractivity contribution in [3.63, 3.8) is 0 Å². The summed E-state index contributed by atoms with van der Waals surface area (Å²) in [7, 11) is 0. The highest BCUT2D eigenvalue weighted by molar-refractivity contribution is 6.04. The van der Waals surface area contributed by atoms with Crippen LogP contribution < -0.4 is 10.9 Å². The van der Waals surface area contributed by atoms with Crippen LogP contribution in [0.1, 0.15) is 16.1 Å². The number of amides is 1. The fourth-order valence-electron chi connectivity index (χ4n) is 2.23. The molecule has 0 spiro atoms. The molecule has 2 aromatic heterocycles. The normalized spacial score (nSPS) is 10.5.